The van der Waals surface area contributed by atoms with Crippen LogP contribution in [0.4, 0.5) is 9.18 Å². The largest absolute Gasteiger partial charge is 0.444 e. The first-order valence-electron chi connectivity index (χ1n) is 8.00. The molecule has 0 atom stereocenters. The highest BCUT2D eigenvalue weighted by Gasteiger charge is 2.16. The van der Waals surface area contributed by atoms with Gasteiger partial charge in [-0.1, -0.05) is 0 Å². The smallest absolute Gasteiger partial charge is 0.407 e. The molecule has 1 N–H and O–H groups in total. The first-order valence-corrected chi connectivity index (χ1v) is 8.94. The van der Waals surface area contributed by atoms with E-state index in [-0.39, 0.29) is 12.4 Å². The van der Waals surface area contributed by atoms with Gasteiger partial charge in [0.25, 0.3) is 0 Å². The predicted octanol–water partition coefficient (Wildman–Crippen LogP) is 4.16. The molecule has 0 spiro atoms. The maximum atomic E-state index is 14.0. The minimum absolute atomic E-state index is 0.167. The van der Waals surface area contributed by atoms with Crippen molar-refractivity contribution in [2.45, 2.75) is 32.9 Å². The van der Waals surface area contributed by atoms with Crippen LogP contribution in [-0.4, -0.2) is 26.5 Å². The summed E-state index contributed by atoms with van der Waals surface area (Å²) >= 11 is 1.47. The summed E-state index contributed by atoms with van der Waals surface area (Å²) in [6, 6.07) is 4.62. The SMILES string of the molecule is CC(C)(C)OC(=O)NCc1cc(F)cc(-c2cnn(-c3cscn3)c2)c1. The third kappa shape index (κ3) is 4.66. The fourth-order valence-corrected chi connectivity index (χ4v) is 2.84. The van der Waals surface area contributed by atoms with Crippen LogP contribution in [0.3, 0.4) is 0 Å². The van der Waals surface area contributed by atoms with Crippen molar-refractivity contribution in [3.8, 4) is 16.9 Å². The number of carbonyl (C=O) groups excluding carboxylic acids is 1. The maximum Gasteiger partial charge on any atom is 0.407 e. The van der Waals surface area contributed by atoms with Crippen molar-refractivity contribution in [2.24, 2.45) is 0 Å². The lowest BCUT2D eigenvalue weighted by Crippen LogP contribution is -2.32. The monoisotopic (exact) mass is 374 g/mol. The lowest BCUT2D eigenvalue weighted by molar-refractivity contribution is 0.0523. The Balaban J connectivity index is 1.75. The van der Waals surface area contributed by atoms with Gasteiger partial charge in [0.1, 0.15) is 11.4 Å². The van der Waals surface area contributed by atoms with Crippen molar-refractivity contribution in [2.75, 3.05) is 0 Å². The van der Waals surface area contributed by atoms with Crippen LogP contribution in [0, 0.1) is 5.82 Å². The number of rotatable bonds is 4. The molecule has 0 saturated carbocycles. The third-order valence-electron chi connectivity index (χ3n) is 3.36. The number of hydrogen-bond donors (Lipinski definition) is 1. The first kappa shape index (κ1) is 18.1. The fraction of sp³-hybridized carbons (Fsp3) is 0.278. The van der Waals surface area contributed by atoms with Gasteiger partial charge in [0, 0.05) is 23.7 Å². The molecule has 0 bridgehead atoms. The molecule has 6 nitrogen and oxygen atoms in total. The number of nitrogens with one attached hydrogen (secondary N) is 1. The Hall–Kier alpha value is -2.74. The second-order valence-electron chi connectivity index (χ2n) is 6.72. The van der Waals surface area contributed by atoms with Gasteiger partial charge in [0.15, 0.2) is 5.82 Å². The number of amides is 1. The zero-order valence-electron chi connectivity index (χ0n) is 14.7. The van der Waals surface area contributed by atoms with Crippen molar-refractivity contribution >= 4 is 17.4 Å². The number of ether oxygens (including phenoxy) is 1. The molecule has 0 radical (unpaired) electrons. The number of hydrogen-bond acceptors (Lipinski definition) is 5. The molecule has 2 heterocycles. The zero-order valence-corrected chi connectivity index (χ0v) is 15.5. The van der Waals surface area contributed by atoms with E-state index in [9.17, 15) is 9.18 Å². The highest BCUT2D eigenvalue weighted by Crippen LogP contribution is 2.23. The van der Waals surface area contributed by atoms with E-state index in [1.807, 2.05) is 11.4 Å². The topological polar surface area (TPSA) is 69.0 Å². The average molecular weight is 374 g/mol. The van der Waals surface area contributed by atoms with E-state index in [1.165, 1.54) is 23.5 Å². The minimum atomic E-state index is -0.582. The zero-order chi connectivity index (χ0) is 18.7. The Kier molecular flexibility index (Phi) is 5.03. The minimum Gasteiger partial charge on any atom is -0.444 e. The van der Waals surface area contributed by atoms with Crippen LogP contribution >= 0.6 is 11.3 Å². The van der Waals surface area contributed by atoms with Crippen molar-refractivity contribution < 1.29 is 13.9 Å². The van der Waals surface area contributed by atoms with E-state index in [0.29, 0.717) is 16.9 Å². The van der Waals surface area contributed by atoms with Crippen LogP contribution in [0.15, 0.2) is 41.5 Å². The number of thiazole rings is 1. The van der Waals surface area contributed by atoms with E-state index in [1.54, 1.807) is 43.4 Å². The highest BCUT2D eigenvalue weighted by molar-refractivity contribution is 7.07. The molecule has 2 aromatic heterocycles. The van der Waals surface area contributed by atoms with Gasteiger partial charge in [0.05, 0.1) is 11.7 Å². The summed E-state index contributed by atoms with van der Waals surface area (Å²) in [5.41, 5.74) is 3.21. The number of aromatic nitrogens is 3. The third-order valence-corrected chi connectivity index (χ3v) is 3.94. The summed E-state index contributed by atoms with van der Waals surface area (Å²) in [4.78, 5) is 16.0. The quantitative estimate of drug-likeness (QED) is 0.744. The summed E-state index contributed by atoms with van der Waals surface area (Å²) in [7, 11) is 0. The molecule has 136 valence electrons. The van der Waals surface area contributed by atoms with Crippen molar-refractivity contribution in [1.29, 1.82) is 0 Å². The van der Waals surface area contributed by atoms with Crippen LogP contribution in [0.5, 0.6) is 0 Å². The summed E-state index contributed by atoms with van der Waals surface area (Å²) in [5, 5.41) is 8.76. The molecule has 0 fully saturated rings. The van der Waals surface area contributed by atoms with Crippen LogP contribution in [-0.2, 0) is 11.3 Å². The first-order chi connectivity index (χ1) is 12.3. The van der Waals surface area contributed by atoms with Gasteiger partial charge < -0.3 is 10.1 Å². The van der Waals surface area contributed by atoms with Gasteiger partial charge in [-0.3, -0.25) is 0 Å². The molecule has 0 aliphatic heterocycles. The molecule has 0 unspecified atom stereocenters. The molecule has 0 aliphatic carbocycles. The van der Waals surface area contributed by atoms with Gasteiger partial charge in [-0.15, -0.1) is 11.3 Å². The molecule has 8 heteroatoms. The molecule has 0 saturated heterocycles. The standard InChI is InChI=1S/C18H19FN4O2S/c1-18(2,3)25-17(24)20-7-12-4-13(6-15(19)5-12)14-8-22-23(9-14)16-10-26-11-21-16/h4-6,8-11H,7H2,1-3H3,(H,20,24). The summed E-state index contributed by atoms with van der Waals surface area (Å²) < 4.78 is 20.8. The van der Waals surface area contributed by atoms with Crippen LogP contribution < -0.4 is 5.32 Å². The summed E-state index contributed by atoms with van der Waals surface area (Å²) in [6.07, 6.45) is 2.90. The number of carbonyl (C=O) groups is 1. The fourth-order valence-electron chi connectivity index (χ4n) is 2.32. The molecule has 3 aromatic rings. The lowest BCUT2D eigenvalue weighted by Gasteiger charge is -2.19. The second-order valence-corrected chi connectivity index (χ2v) is 7.44. The van der Waals surface area contributed by atoms with Crippen molar-refractivity contribution in [3.63, 3.8) is 0 Å². The van der Waals surface area contributed by atoms with Crippen molar-refractivity contribution in [3.05, 3.63) is 52.9 Å². The van der Waals surface area contributed by atoms with E-state index in [4.69, 9.17) is 4.74 Å². The number of halogens is 1. The maximum absolute atomic E-state index is 14.0. The normalized spacial score (nSPS) is 11.4. The Morgan fingerprint density at radius 2 is 2.12 bits per heavy atom. The predicted molar refractivity (Wildman–Crippen MR) is 97.7 cm³/mol. The molecular formula is C18H19FN4O2S. The van der Waals surface area contributed by atoms with Crippen LogP contribution in [0.25, 0.3) is 16.9 Å². The second kappa shape index (κ2) is 7.25. The van der Waals surface area contributed by atoms with E-state index < -0.39 is 11.7 Å². The van der Waals surface area contributed by atoms with E-state index in [0.717, 1.165) is 5.56 Å². The van der Waals surface area contributed by atoms with Crippen molar-refractivity contribution in [1.82, 2.24) is 20.1 Å². The Bertz CT molecular complexity index is 900. The summed E-state index contributed by atoms with van der Waals surface area (Å²) in [5.74, 6) is 0.328. The number of alkyl carbamates (subject to hydrolysis) is 1. The Morgan fingerprint density at radius 3 is 2.81 bits per heavy atom. The number of nitrogens with zero attached hydrogens (tertiary/aromatic N) is 3. The molecule has 3 rings (SSSR count). The molecule has 26 heavy (non-hydrogen) atoms. The van der Waals surface area contributed by atoms with Gasteiger partial charge in [-0.2, -0.15) is 5.10 Å². The molecule has 1 amide bonds. The van der Waals surface area contributed by atoms with Gasteiger partial charge in [0.2, 0.25) is 0 Å². The lowest BCUT2D eigenvalue weighted by atomic mass is 10.1. The van der Waals surface area contributed by atoms with Gasteiger partial charge in [-0.25, -0.2) is 18.9 Å². The van der Waals surface area contributed by atoms with Crippen LogP contribution in [0.2, 0.25) is 0 Å². The molecule has 0 aliphatic rings. The average Bonchev–Trinajstić information content (AvgIpc) is 3.21. The highest BCUT2D eigenvalue weighted by atomic mass is 32.1. The molecular weight excluding hydrogens is 355 g/mol. The van der Waals surface area contributed by atoms with Crippen LogP contribution in [0.1, 0.15) is 26.3 Å². The molecule has 1 aromatic carbocycles. The number of benzene rings is 1. The van der Waals surface area contributed by atoms with Gasteiger partial charge >= 0.3 is 6.09 Å². The Morgan fingerprint density at radius 1 is 1.31 bits per heavy atom. The van der Waals surface area contributed by atoms with E-state index >= 15 is 0 Å². The van der Waals surface area contributed by atoms with Gasteiger partial charge in [-0.05, 0) is 50.1 Å². The Labute approximate surface area is 154 Å². The summed E-state index contributed by atoms with van der Waals surface area (Å²) in [6.45, 7) is 5.52. The van der Waals surface area contributed by atoms with E-state index in [2.05, 4.69) is 15.4 Å².